The molecular weight excluding hydrogens is 243 g/mol. The van der Waals surface area contributed by atoms with Gasteiger partial charge in [0.05, 0.1) is 17.4 Å². The Kier molecular flexibility index (Phi) is 3.17. The Hall–Kier alpha value is -2.19. The molecule has 0 radical (unpaired) electrons. The highest BCUT2D eigenvalue weighted by atomic mass is 35.5. The van der Waals surface area contributed by atoms with Crippen molar-refractivity contribution >= 4 is 23.1 Å². The van der Waals surface area contributed by atoms with Gasteiger partial charge in [-0.15, -0.1) is 5.10 Å². The van der Waals surface area contributed by atoms with E-state index in [0.29, 0.717) is 5.02 Å². The molecular formula is C11H6ClFN4. The third-order valence-corrected chi connectivity index (χ3v) is 2.26. The van der Waals surface area contributed by atoms with E-state index in [9.17, 15) is 4.39 Å². The van der Waals surface area contributed by atoms with Crippen molar-refractivity contribution in [1.82, 2.24) is 10.2 Å². The molecule has 2 rings (SSSR count). The smallest absolute Gasteiger partial charge is 0.171 e. The molecule has 1 aromatic heterocycles. The lowest BCUT2D eigenvalue weighted by atomic mass is 10.2. The lowest BCUT2D eigenvalue weighted by Gasteiger charge is -2.07. The van der Waals surface area contributed by atoms with Gasteiger partial charge in [0.2, 0.25) is 0 Å². The highest BCUT2D eigenvalue weighted by molar-refractivity contribution is 6.30. The first-order valence-electron chi connectivity index (χ1n) is 4.64. The van der Waals surface area contributed by atoms with Crippen LogP contribution in [0.3, 0.4) is 0 Å². The lowest BCUT2D eigenvalue weighted by Crippen LogP contribution is -2.00. The van der Waals surface area contributed by atoms with Crippen LogP contribution in [-0.2, 0) is 0 Å². The first-order valence-corrected chi connectivity index (χ1v) is 5.02. The highest BCUT2D eigenvalue weighted by Crippen LogP contribution is 2.23. The Morgan fingerprint density at radius 1 is 1.35 bits per heavy atom. The van der Waals surface area contributed by atoms with Crippen molar-refractivity contribution in [3.05, 3.63) is 46.9 Å². The standard InChI is InChI=1S/C11H6ClFN4/c12-8-1-2-9(13)10(5-8)16-11-7(6-14)3-4-15-17-11/h1-5H,(H,16,17). The number of halogens is 2. The van der Waals surface area contributed by atoms with Gasteiger partial charge in [-0.3, -0.25) is 0 Å². The maximum absolute atomic E-state index is 13.4. The summed E-state index contributed by atoms with van der Waals surface area (Å²) in [6.45, 7) is 0. The third-order valence-electron chi connectivity index (χ3n) is 2.02. The van der Waals surface area contributed by atoms with Crippen LogP contribution in [0.15, 0.2) is 30.5 Å². The average Bonchev–Trinajstić information content (AvgIpc) is 2.34. The van der Waals surface area contributed by atoms with Gasteiger partial charge >= 0.3 is 0 Å². The SMILES string of the molecule is N#Cc1ccnnc1Nc1cc(Cl)ccc1F. The van der Waals surface area contributed by atoms with Crippen LogP contribution in [0.1, 0.15) is 5.56 Å². The Balaban J connectivity index is 2.38. The van der Waals surface area contributed by atoms with Crippen molar-refractivity contribution in [3.63, 3.8) is 0 Å². The summed E-state index contributed by atoms with van der Waals surface area (Å²) in [5.74, 6) is -0.292. The molecule has 4 nitrogen and oxygen atoms in total. The van der Waals surface area contributed by atoms with Crippen molar-refractivity contribution in [2.75, 3.05) is 5.32 Å². The van der Waals surface area contributed by atoms with Crippen LogP contribution in [0.5, 0.6) is 0 Å². The van der Waals surface area contributed by atoms with E-state index in [1.165, 1.54) is 30.5 Å². The van der Waals surface area contributed by atoms with E-state index in [4.69, 9.17) is 16.9 Å². The molecule has 1 aromatic carbocycles. The van der Waals surface area contributed by atoms with Crippen LogP contribution in [0.25, 0.3) is 0 Å². The van der Waals surface area contributed by atoms with Gasteiger partial charge in [-0.05, 0) is 24.3 Å². The van der Waals surface area contributed by atoms with Gasteiger partial charge in [0.25, 0.3) is 0 Å². The van der Waals surface area contributed by atoms with Crippen LogP contribution in [-0.4, -0.2) is 10.2 Å². The molecule has 1 N–H and O–H groups in total. The Morgan fingerprint density at radius 3 is 2.94 bits per heavy atom. The van der Waals surface area contributed by atoms with Gasteiger partial charge in [-0.2, -0.15) is 10.4 Å². The fraction of sp³-hybridized carbons (Fsp3) is 0. The predicted octanol–water partition coefficient (Wildman–Crippen LogP) is 2.88. The van der Waals surface area contributed by atoms with Crippen molar-refractivity contribution in [2.24, 2.45) is 0 Å². The van der Waals surface area contributed by atoms with Crippen molar-refractivity contribution in [3.8, 4) is 6.07 Å². The van der Waals surface area contributed by atoms with E-state index in [1.807, 2.05) is 6.07 Å². The largest absolute Gasteiger partial charge is 0.335 e. The molecule has 0 saturated carbocycles. The maximum atomic E-state index is 13.4. The van der Waals surface area contributed by atoms with Crippen LogP contribution >= 0.6 is 11.6 Å². The minimum absolute atomic E-state index is 0.148. The zero-order valence-electron chi connectivity index (χ0n) is 8.48. The van der Waals surface area contributed by atoms with E-state index in [0.717, 1.165) is 0 Å². The Morgan fingerprint density at radius 2 is 2.18 bits per heavy atom. The van der Waals surface area contributed by atoms with E-state index in [-0.39, 0.29) is 17.1 Å². The summed E-state index contributed by atoms with van der Waals surface area (Å²) < 4.78 is 13.4. The molecule has 0 saturated heterocycles. The Bertz CT molecular complexity index is 594. The predicted molar refractivity (Wildman–Crippen MR) is 61.4 cm³/mol. The van der Waals surface area contributed by atoms with E-state index in [1.54, 1.807) is 0 Å². The minimum atomic E-state index is -0.482. The normalized spacial score (nSPS) is 9.71. The maximum Gasteiger partial charge on any atom is 0.171 e. The highest BCUT2D eigenvalue weighted by Gasteiger charge is 2.07. The molecule has 0 aliphatic rings. The fourth-order valence-electron chi connectivity index (χ4n) is 1.24. The van der Waals surface area contributed by atoms with E-state index >= 15 is 0 Å². The summed E-state index contributed by atoms with van der Waals surface area (Å²) in [4.78, 5) is 0. The molecule has 0 atom stereocenters. The summed E-state index contributed by atoms with van der Waals surface area (Å²) in [5.41, 5.74) is 0.425. The van der Waals surface area contributed by atoms with Crippen LogP contribution in [0.4, 0.5) is 15.9 Å². The number of anilines is 2. The first kappa shape index (κ1) is 11.3. The Labute approximate surface area is 102 Å². The molecule has 0 spiro atoms. The van der Waals surface area contributed by atoms with E-state index in [2.05, 4.69) is 15.5 Å². The number of nitriles is 1. The second-order valence-corrected chi connectivity index (χ2v) is 3.59. The zero-order chi connectivity index (χ0) is 12.3. The topological polar surface area (TPSA) is 61.6 Å². The molecule has 0 amide bonds. The second-order valence-electron chi connectivity index (χ2n) is 3.15. The molecule has 17 heavy (non-hydrogen) atoms. The molecule has 1 heterocycles. The van der Waals surface area contributed by atoms with E-state index < -0.39 is 5.82 Å². The number of hydrogen-bond acceptors (Lipinski definition) is 4. The minimum Gasteiger partial charge on any atom is -0.335 e. The van der Waals surface area contributed by atoms with Gasteiger partial charge in [0, 0.05) is 5.02 Å². The van der Waals surface area contributed by atoms with Gasteiger partial charge in [-0.25, -0.2) is 4.39 Å². The first-order chi connectivity index (χ1) is 8.20. The summed E-state index contributed by atoms with van der Waals surface area (Å²) in [5, 5.41) is 19.2. The van der Waals surface area contributed by atoms with Crippen molar-refractivity contribution in [1.29, 1.82) is 5.26 Å². The number of aromatic nitrogens is 2. The van der Waals surface area contributed by atoms with Gasteiger partial charge in [0.15, 0.2) is 5.82 Å². The summed E-state index contributed by atoms with van der Waals surface area (Å²) in [7, 11) is 0. The molecule has 0 aliphatic carbocycles. The van der Waals surface area contributed by atoms with Crippen LogP contribution < -0.4 is 5.32 Å². The number of nitrogens with one attached hydrogen (secondary N) is 1. The molecule has 0 bridgehead atoms. The summed E-state index contributed by atoms with van der Waals surface area (Å²) in [6.07, 6.45) is 1.39. The third kappa shape index (κ3) is 2.49. The van der Waals surface area contributed by atoms with Gasteiger partial charge in [-0.1, -0.05) is 11.6 Å². The van der Waals surface area contributed by atoms with Crippen molar-refractivity contribution in [2.45, 2.75) is 0 Å². The molecule has 6 heteroatoms. The summed E-state index contributed by atoms with van der Waals surface area (Å²) >= 11 is 5.75. The molecule has 2 aromatic rings. The summed E-state index contributed by atoms with van der Waals surface area (Å²) in [6, 6.07) is 7.49. The van der Waals surface area contributed by atoms with Gasteiger partial charge in [0.1, 0.15) is 11.9 Å². The fourth-order valence-corrected chi connectivity index (χ4v) is 1.41. The molecule has 0 aliphatic heterocycles. The molecule has 0 unspecified atom stereocenters. The zero-order valence-corrected chi connectivity index (χ0v) is 9.24. The number of hydrogen-bond donors (Lipinski definition) is 1. The molecule has 0 fully saturated rings. The van der Waals surface area contributed by atoms with Crippen LogP contribution in [0.2, 0.25) is 5.02 Å². The van der Waals surface area contributed by atoms with Crippen molar-refractivity contribution < 1.29 is 4.39 Å². The quantitative estimate of drug-likeness (QED) is 0.888. The number of rotatable bonds is 2. The van der Waals surface area contributed by atoms with Crippen LogP contribution in [0, 0.1) is 17.1 Å². The average molecular weight is 249 g/mol. The second kappa shape index (κ2) is 4.76. The van der Waals surface area contributed by atoms with Gasteiger partial charge < -0.3 is 5.32 Å². The number of nitrogens with zero attached hydrogens (tertiary/aromatic N) is 3. The monoisotopic (exact) mass is 248 g/mol. The lowest BCUT2D eigenvalue weighted by molar-refractivity contribution is 0.631. The molecule has 84 valence electrons. The number of benzene rings is 1.